The molecule has 31 heavy (non-hydrogen) atoms. The fourth-order valence-electron chi connectivity index (χ4n) is 3.40. The monoisotopic (exact) mass is 431 g/mol. The summed E-state index contributed by atoms with van der Waals surface area (Å²) in [6.45, 7) is 4.29. The van der Waals surface area contributed by atoms with Crippen molar-refractivity contribution in [2.24, 2.45) is 0 Å². The lowest BCUT2D eigenvalue weighted by Gasteiger charge is -2.02. The molecule has 0 spiro atoms. The highest BCUT2D eigenvalue weighted by atomic mass is 35.5. The molecule has 2 aromatic carbocycles. The van der Waals surface area contributed by atoms with Gasteiger partial charge in [-0.3, -0.25) is 4.79 Å². The van der Waals surface area contributed by atoms with Gasteiger partial charge in [0.1, 0.15) is 12.1 Å². The largest absolute Gasteiger partial charge is 0.337 e. The first kappa shape index (κ1) is 19.3. The van der Waals surface area contributed by atoms with E-state index in [2.05, 4.69) is 41.2 Å². The number of fused-ring (bicyclic) bond motifs is 1. The minimum Gasteiger partial charge on any atom is -0.337 e. The second kappa shape index (κ2) is 7.52. The van der Waals surface area contributed by atoms with Gasteiger partial charge in [0.15, 0.2) is 0 Å². The lowest BCUT2D eigenvalue weighted by Crippen LogP contribution is -2.21. The van der Waals surface area contributed by atoms with Crippen LogP contribution in [0.4, 0.5) is 0 Å². The lowest BCUT2D eigenvalue weighted by molar-refractivity contribution is 0.370. The van der Waals surface area contributed by atoms with E-state index in [0.717, 1.165) is 16.8 Å². The Bertz CT molecular complexity index is 1480. The highest BCUT2D eigenvalue weighted by Crippen LogP contribution is 2.22. The number of rotatable bonds is 4. The minimum absolute atomic E-state index is 0.160. The molecule has 0 aliphatic heterocycles. The van der Waals surface area contributed by atoms with E-state index >= 15 is 0 Å². The van der Waals surface area contributed by atoms with E-state index < -0.39 is 0 Å². The number of hydrogen-bond acceptors (Lipinski definition) is 5. The summed E-state index contributed by atoms with van der Waals surface area (Å²) in [6.07, 6.45) is 3.41. The van der Waals surface area contributed by atoms with Gasteiger partial charge in [-0.1, -0.05) is 41.0 Å². The van der Waals surface area contributed by atoms with Gasteiger partial charge in [0, 0.05) is 28.5 Å². The number of halogens is 1. The third kappa shape index (κ3) is 3.64. The highest BCUT2D eigenvalue weighted by molar-refractivity contribution is 6.30. The van der Waals surface area contributed by atoms with Crippen molar-refractivity contribution in [2.75, 3.05) is 0 Å². The first-order valence-corrected chi connectivity index (χ1v) is 10.1. The Kier molecular flexibility index (Phi) is 4.67. The summed E-state index contributed by atoms with van der Waals surface area (Å²) in [5.74, 6) is 0.753. The predicted octanol–water partition coefficient (Wildman–Crippen LogP) is 4.53. The van der Waals surface area contributed by atoms with Gasteiger partial charge in [0.25, 0.3) is 5.56 Å². The highest BCUT2D eigenvalue weighted by Gasteiger charge is 2.13. The van der Waals surface area contributed by atoms with Crippen molar-refractivity contribution in [3.63, 3.8) is 0 Å². The molecule has 154 valence electrons. The van der Waals surface area contributed by atoms with Crippen molar-refractivity contribution in [1.29, 1.82) is 0 Å². The van der Waals surface area contributed by atoms with E-state index in [1.54, 1.807) is 35.1 Å². The van der Waals surface area contributed by atoms with Crippen molar-refractivity contribution in [3.05, 3.63) is 93.3 Å². The van der Waals surface area contributed by atoms with Gasteiger partial charge in [-0.15, -0.1) is 0 Å². The molecular weight excluding hydrogens is 414 g/mol. The minimum atomic E-state index is -0.187. The first-order valence-electron chi connectivity index (χ1n) is 9.73. The summed E-state index contributed by atoms with van der Waals surface area (Å²) in [6, 6.07) is 15.1. The molecule has 3 heterocycles. The number of nitrogens with zero attached hydrogens (tertiary/aromatic N) is 5. The maximum absolute atomic E-state index is 13.0. The third-order valence-corrected chi connectivity index (χ3v) is 5.50. The van der Waals surface area contributed by atoms with E-state index in [9.17, 15) is 4.79 Å². The SMILES string of the molecule is Cc1ccc(-c2cc3c(=O)n(Cc4nc(-c5cccc(Cl)c5)no4)ccn3n2)cc1C. The van der Waals surface area contributed by atoms with E-state index in [0.29, 0.717) is 22.3 Å². The zero-order chi connectivity index (χ0) is 21.5. The molecule has 0 atom stereocenters. The van der Waals surface area contributed by atoms with Crippen molar-refractivity contribution >= 4 is 17.1 Å². The normalized spacial score (nSPS) is 11.3. The molecule has 0 unspecified atom stereocenters. The molecule has 5 rings (SSSR count). The van der Waals surface area contributed by atoms with Gasteiger partial charge in [-0.2, -0.15) is 10.1 Å². The molecule has 8 heteroatoms. The molecule has 0 bridgehead atoms. The van der Waals surface area contributed by atoms with Crippen LogP contribution in [0.15, 0.2) is 70.2 Å². The van der Waals surface area contributed by atoms with Crippen LogP contribution in [0.3, 0.4) is 0 Å². The second-order valence-electron chi connectivity index (χ2n) is 7.41. The summed E-state index contributed by atoms with van der Waals surface area (Å²) >= 11 is 6.03. The maximum atomic E-state index is 13.0. The molecule has 0 saturated carbocycles. The fourth-order valence-corrected chi connectivity index (χ4v) is 3.59. The Morgan fingerprint density at radius 3 is 2.68 bits per heavy atom. The van der Waals surface area contributed by atoms with Crippen LogP contribution in [0.2, 0.25) is 5.02 Å². The zero-order valence-corrected chi connectivity index (χ0v) is 17.7. The van der Waals surface area contributed by atoms with Gasteiger partial charge >= 0.3 is 0 Å². The summed E-state index contributed by atoms with van der Waals surface area (Å²) in [5, 5.41) is 9.14. The van der Waals surface area contributed by atoms with Crippen molar-refractivity contribution in [2.45, 2.75) is 20.4 Å². The summed E-state index contributed by atoms with van der Waals surface area (Å²) in [5.41, 5.74) is 5.15. The molecule has 0 N–H and O–H groups in total. The van der Waals surface area contributed by atoms with E-state index in [1.165, 1.54) is 15.7 Å². The Labute approximate surface area is 182 Å². The summed E-state index contributed by atoms with van der Waals surface area (Å²) in [4.78, 5) is 17.4. The second-order valence-corrected chi connectivity index (χ2v) is 7.85. The molecule has 0 aliphatic rings. The Morgan fingerprint density at radius 2 is 1.87 bits per heavy atom. The van der Waals surface area contributed by atoms with Crippen LogP contribution in [0.25, 0.3) is 28.2 Å². The quantitative estimate of drug-likeness (QED) is 0.417. The molecule has 7 nitrogen and oxygen atoms in total. The lowest BCUT2D eigenvalue weighted by atomic mass is 10.0. The Hall–Kier alpha value is -3.71. The van der Waals surface area contributed by atoms with Crippen molar-refractivity contribution < 1.29 is 4.52 Å². The van der Waals surface area contributed by atoms with Crippen LogP contribution in [0.5, 0.6) is 0 Å². The van der Waals surface area contributed by atoms with Crippen molar-refractivity contribution in [3.8, 4) is 22.6 Å². The third-order valence-electron chi connectivity index (χ3n) is 5.26. The summed E-state index contributed by atoms with van der Waals surface area (Å²) < 4.78 is 8.46. The molecule has 5 aromatic rings. The number of aryl methyl sites for hydroxylation is 2. The zero-order valence-electron chi connectivity index (χ0n) is 16.9. The standard InChI is InChI=1S/C23H18ClN5O2/c1-14-6-7-16(10-15(14)2)19-12-20-23(30)28(8-9-29(20)26-19)13-21-25-22(27-31-21)17-4-3-5-18(24)11-17/h3-12H,13H2,1-2H3. The number of hydrogen-bond donors (Lipinski definition) is 0. The van der Waals surface area contributed by atoms with Crippen LogP contribution in [-0.4, -0.2) is 24.3 Å². The van der Waals surface area contributed by atoms with Gasteiger partial charge in [0.05, 0.1) is 5.69 Å². The molecular formula is C23H18ClN5O2. The Morgan fingerprint density at radius 1 is 1.00 bits per heavy atom. The van der Waals surface area contributed by atoms with E-state index in [4.69, 9.17) is 16.1 Å². The average molecular weight is 432 g/mol. The molecule has 3 aromatic heterocycles. The van der Waals surface area contributed by atoms with Gasteiger partial charge in [-0.25, -0.2) is 4.52 Å². The van der Waals surface area contributed by atoms with Crippen LogP contribution in [0.1, 0.15) is 17.0 Å². The molecule has 0 fully saturated rings. The maximum Gasteiger partial charge on any atom is 0.277 e. The van der Waals surface area contributed by atoms with Crippen LogP contribution in [0, 0.1) is 13.8 Å². The first-order chi connectivity index (χ1) is 15.0. The molecule has 0 aliphatic carbocycles. The average Bonchev–Trinajstić information content (AvgIpc) is 3.40. The van der Waals surface area contributed by atoms with Crippen LogP contribution in [-0.2, 0) is 6.54 Å². The van der Waals surface area contributed by atoms with Crippen molar-refractivity contribution in [1.82, 2.24) is 24.3 Å². The van der Waals surface area contributed by atoms with Crippen LogP contribution < -0.4 is 5.56 Å². The predicted molar refractivity (Wildman–Crippen MR) is 118 cm³/mol. The number of aromatic nitrogens is 5. The topological polar surface area (TPSA) is 78.2 Å². The van der Waals surface area contributed by atoms with E-state index in [1.807, 2.05) is 18.2 Å². The van der Waals surface area contributed by atoms with Gasteiger partial charge < -0.3 is 9.09 Å². The van der Waals surface area contributed by atoms with Gasteiger partial charge in [0.2, 0.25) is 11.7 Å². The molecule has 0 saturated heterocycles. The molecule has 0 amide bonds. The van der Waals surface area contributed by atoms with Crippen LogP contribution >= 0.6 is 11.6 Å². The van der Waals surface area contributed by atoms with E-state index in [-0.39, 0.29) is 12.1 Å². The Balaban J connectivity index is 1.47. The molecule has 0 radical (unpaired) electrons. The summed E-state index contributed by atoms with van der Waals surface area (Å²) in [7, 11) is 0. The fraction of sp³-hybridized carbons (Fsp3) is 0.130. The van der Waals surface area contributed by atoms with Gasteiger partial charge in [-0.05, 0) is 49.2 Å². The number of benzene rings is 2. The smallest absolute Gasteiger partial charge is 0.277 e.